The molecule has 6 nitrogen and oxygen atoms in total. The number of carbonyl (C=O) groups excluding carboxylic acids is 2. The Kier molecular flexibility index (Phi) is 7.61. The predicted molar refractivity (Wildman–Crippen MR) is 92.8 cm³/mol. The molecule has 2 aliphatic heterocycles. The molecule has 1 aromatic carbocycles. The summed E-state index contributed by atoms with van der Waals surface area (Å²) in [5.74, 6) is 0.0784. The zero-order valence-corrected chi connectivity index (χ0v) is 14.3. The molecular formula is C15H21Cl2N3O3. The number of imide groups is 1. The Labute approximate surface area is 147 Å². The molecule has 2 fully saturated rings. The van der Waals surface area contributed by atoms with Crippen LogP contribution in [0.15, 0.2) is 24.3 Å². The molecule has 0 spiro atoms. The lowest BCUT2D eigenvalue weighted by Crippen LogP contribution is -2.46. The average Bonchev–Trinajstić information content (AvgIpc) is 2.52. The lowest BCUT2D eigenvalue weighted by molar-refractivity contribution is -0.138. The van der Waals surface area contributed by atoms with E-state index in [1.807, 2.05) is 24.3 Å². The van der Waals surface area contributed by atoms with Crippen LogP contribution in [0.5, 0.6) is 5.75 Å². The minimum atomic E-state index is -0.576. The zero-order valence-electron chi connectivity index (χ0n) is 12.6. The van der Waals surface area contributed by atoms with E-state index < -0.39 is 6.10 Å². The van der Waals surface area contributed by atoms with E-state index in [0.29, 0.717) is 18.6 Å². The Morgan fingerprint density at radius 3 is 2.30 bits per heavy atom. The number of benzene rings is 1. The molecule has 0 aromatic heterocycles. The smallest absolute Gasteiger partial charge is 0.267 e. The number of piperidine rings is 1. The van der Waals surface area contributed by atoms with Crippen molar-refractivity contribution in [1.82, 2.24) is 10.6 Å². The third-order valence-electron chi connectivity index (χ3n) is 3.79. The van der Waals surface area contributed by atoms with Crippen LogP contribution in [0.1, 0.15) is 12.8 Å². The summed E-state index contributed by atoms with van der Waals surface area (Å²) in [5.41, 5.74) is 1.16. The fourth-order valence-electron chi connectivity index (χ4n) is 2.61. The number of piperazine rings is 1. The Bertz CT molecular complexity index is 533. The van der Waals surface area contributed by atoms with Crippen molar-refractivity contribution in [3.8, 4) is 5.75 Å². The Morgan fingerprint density at radius 1 is 1.04 bits per heavy atom. The fourth-order valence-corrected chi connectivity index (χ4v) is 2.61. The standard InChI is InChI=1S/C15H19N3O3.2ClH/c19-14-6-5-13(15(20)17-14)21-12-3-1-11(2-4-12)18-9-7-16-8-10-18;;/h1-4,13,16H,5-10H2,(H,17,19,20);2*1H. The van der Waals surface area contributed by atoms with Crippen molar-refractivity contribution in [2.75, 3.05) is 31.1 Å². The maximum atomic E-state index is 11.7. The minimum absolute atomic E-state index is 0. The molecule has 8 heteroatoms. The van der Waals surface area contributed by atoms with Crippen LogP contribution in [0.4, 0.5) is 5.69 Å². The van der Waals surface area contributed by atoms with Crippen molar-refractivity contribution in [3.63, 3.8) is 0 Å². The summed E-state index contributed by atoms with van der Waals surface area (Å²) in [6, 6.07) is 7.77. The molecule has 0 saturated carbocycles. The van der Waals surface area contributed by atoms with Gasteiger partial charge >= 0.3 is 0 Å². The molecule has 2 saturated heterocycles. The van der Waals surface area contributed by atoms with Crippen LogP contribution in [-0.4, -0.2) is 44.1 Å². The number of ether oxygens (including phenoxy) is 1. The number of amides is 2. The van der Waals surface area contributed by atoms with Gasteiger partial charge < -0.3 is 15.0 Å². The van der Waals surface area contributed by atoms with Crippen LogP contribution in [0, 0.1) is 0 Å². The minimum Gasteiger partial charge on any atom is -0.481 e. The van der Waals surface area contributed by atoms with Crippen LogP contribution in [-0.2, 0) is 9.59 Å². The van der Waals surface area contributed by atoms with Gasteiger partial charge in [-0.15, -0.1) is 24.8 Å². The number of anilines is 1. The molecule has 23 heavy (non-hydrogen) atoms. The number of carbonyl (C=O) groups is 2. The van der Waals surface area contributed by atoms with Crippen LogP contribution in [0.2, 0.25) is 0 Å². The molecule has 2 amide bonds. The molecule has 0 aliphatic carbocycles. The average molecular weight is 362 g/mol. The van der Waals surface area contributed by atoms with E-state index >= 15 is 0 Å². The number of nitrogens with zero attached hydrogens (tertiary/aromatic N) is 1. The van der Waals surface area contributed by atoms with Gasteiger partial charge in [0.25, 0.3) is 5.91 Å². The number of nitrogens with one attached hydrogen (secondary N) is 2. The van der Waals surface area contributed by atoms with E-state index in [-0.39, 0.29) is 36.6 Å². The van der Waals surface area contributed by atoms with E-state index in [2.05, 4.69) is 15.5 Å². The second-order valence-corrected chi connectivity index (χ2v) is 5.29. The zero-order chi connectivity index (χ0) is 14.7. The number of hydrogen-bond donors (Lipinski definition) is 2. The topological polar surface area (TPSA) is 70.7 Å². The summed E-state index contributed by atoms with van der Waals surface area (Å²) in [6.45, 7) is 3.98. The van der Waals surface area contributed by atoms with Gasteiger partial charge in [0, 0.05) is 44.7 Å². The lowest BCUT2D eigenvalue weighted by Gasteiger charge is -2.29. The normalized spacial score (nSPS) is 20.9. The van der Waals surface area contributed by atoms with E-state index in [9.17, 15) is 9.59 Å². The summed E-state index contributed by atoms with van der Waals surface area (Å²) in [4.78, 5) is 25.1. The Hall–Kier alpha value is -1.50. The van der Waals surface area contributed by atoms with Gasteiger partial charge in [0.15, 0.2) is 6.10 Å². The summed E-state index contributed by atoms with van der Waals surface area (Å²) >= 11 is 0. The van der Waals surface area contributed by atoms with Crippen molar-refractivity contribution in [2.24, 2.45) is 0 Å². The van der Waals surface area contributed by atoms with Gasteiger partial charge in [-0.05, 0) is 24.3 Å². The highest BCUT2D eigenvalue weighted by Gasteiger charge is 2.28. The van der Waals surface area contributed by atoms with Gasteiger partial charge in [0.1, 0.15) is 5.75 Å². The fraction of sp³-hybridized carbons (Fsp3) is 0.467. The third-order valence-corrected chi connectivity index (χ3v) is 3.79. The van der Waals surface area contributed by atoms with Gasteiger partial charge in [-0.2, -0.15) is 0 Å². The highest BCUT2D eigenvalue weighted by Crippen LogP contribution is 2.22. The molecule has 1 unspecified atom stereocenters. The Balaban J connectivity index is 0.00000132. The highest BCUT2D eigenvalue weighted by molar-refractivity contribution is 5.99. The monoisotopic (exact) mass is 361 g/mol. The maximum Gasteiger partial charge on any atom is 0.267 e. The number of rotatable bonds is 3. The molecule has 128 valence electrons. The summed E-state index contributed by atoms with van der Waals surface area (Å²) in [6.07, 6.45) is 0.187. The highest BCUT2D eigenvalue weighted by atomic mass is 35.5. The second kappa shape index (κ2) is 8.96. The second-order valence-electron chi connectivity index (χ2n) is 5.29. The maximum absolute atomic E-state index is 11.7. The first-order valence-electron chi connectivity index (χ1n) is 7.28. The largest absolute Gasteiger partial charge is 0.481 e. The first-order valence-corrected chi connectivity index (χ1v) is 7.28. The third kappa shape index (κ3) is 4.99. The Morgan fingerprint density at radius 2 is 1.70 bits per heavy atom. The van der Waals surface area contributed by atoms with Crippen molar-refractivity contribution in [2.45, 2.75) is 18.9 Å². The van der Waals surface area contributed by atoms with Gasteiger partial charge in [0.05, 0.1) is 0 Å². The molecule has 0 radical (unpaired) electrons. The lowest BCUT2D eigenvalue weighted by atomic mass is 10.1. The van der Waals surface area contributed by atoms with Crippen LogP contribution in [0.25, 0.3) is 0 Å². The summed E-state index contributed by atoms with van der Waals surface area (Å²) in [5, 5.41) is 5.61. The summed E-state index contributed by atoms with van der Waals surface area (Å²) < 4.78 is 5.66. The van der Waals surface area contributed by atoms with Gasteiger partial charge in [0.2, 0.25) is 5.91 Å². The van der Waals surface area contributed by atoms with Crippen molar-refractivity contribution < 1.29 is 14.3 Å². The van der Waals surface area contributed by atoms with Crippen molar-refractivity contribution in [1.29, 1.82) is 0 Å². The summed E-state index contributed by atoms with van der Waals surface area (Å²) in [7, 11) is 0. The first-order chi connectivity index (χ1) is 10.2. The quantitative estimate of drug-likeness (QED) is 0.789. The van der Waals surface area contributed by atoms with Crippen LogP contribution < -0.4 is 20.3 Å². The van der Waals surface area contributed by atoms with Crippen molar-refractivity contribution in [3.05, 3.63) is 24.3 Å². The molecular weight excluding hydrogens is 341 g/mol. The molecule has 2 N–H and O–H groups in total. The first kappa shape index (κ1) is 19.5. The molecule has 1 aromatic rings. The van der Waals surface area contributed by atoms with Gasteiger partial charge in [-0.1, -0.05) is 0 Å². The number of hydrogen-bond acceptors (Lipinski definition) is 5. The van der Waals surface area contributed by atoms with Gasteiger partial charge in [-0.3, -0.25) is 14.9 Å². The van der Waals surface area contributed by atoms with E-state index in [0.717, 1.165) is 31.9 Å². The van der Waals surface area contributed by atoms with Crippen LogP contribution in [0.3, 0.4) is 0 Å². The van der Waals surface area contributed by atoms with Gasteiger partial charge in [-0.25, -0.2) is 0 Å². The van der Waals surface area contributed by atoms with E-state index in [1.54, 1.807) is 0 Å². The van der Waals surface area contributed by atoms with Crippen molar-refractivity contribution >= 4 is 42.3 Å². The molecule has 2 heterocycles. The van der Waals surface area contributed by atoms with E-state index in [4.69, 9.17) is 4.74 Å². The SMILES string of the molecule is Cl.Cl.O=C1CCC(Oc2ccc(N3CCNCC3)cc2)C(=O)N1. The predicted octanol–water partition coefficient (Wildman–Crippen LogP) is 1.12. The number of halogens is 2. The molecule has 1 atom stereocenters. The molecule has 0 bridgehead atoms. The molecule has 2 aliphatic rings. The molecule has 3 rings (SSSR count). The van der Waals surface area contributed by atoms with Crippen LogP contribution >= 0.6 is 24.8 Å². The van der Waals surface area contributed by atoms with E-state index in [1.165, 1.54) is 0 Å².